The second-order valence-corrected chi connectivity index (χ2v) is 3.02. The molecule has 0 bridgehead atoms. The molecule has 1 rings (SSSR count). The van der Waals surface area contributed by atoms with E-state index >= 15 is 0 Å². The molecule has 0 radical (unpaired) electrons. The predicted molar refractivity (Wildman–Crippen MR) is 56.8 cm³/mol. The van der Waals surface area contributed by atoms with Gasteiger partial charge in [-0.1, -0.05) is 5.16 Å². The molecule has 6 nitrogen and oxygen atoms in total. The van der Waals surface area contributed by atoms with Gasteiger partial charge in [0.1, 0.15) is 5.56 Å². The molecule has 0 saturated heterocycles. The number of hydrogen-bond donors (Lipinski definition) is 2. The van der Waals surface area contributed by atoms with E-state index in [2.05, 4.69) is 9.89 Å². The summed E-state index contributed by atoms with van der Waals surface area (Å²) in [7, 11) is 2.36. The van der Waals surface area contributed by atoms with E-state index in [1.165, 1.54) is 13.2 Å². The molecule has 1 aromatic carbocycles. The third-order valence-electron chi connectivity index (χ3n) is 2.06. The standard InChI is InChI=1S/C10H11FN2O4/c1-16-8-6(10(14)17-2)3-5(4-7(8)11)9(12)13-15/h3-4,15H,1-2H3,(H2,12,13). The van der Waals surface area contributed by atoms with Crippen molar-refractivity contribution in [3.05, 3.63) is 29.1 Å². The fourth-order valence-electron chi connectivity index (χ4n) is 1.27. The molecular formula is C10H11FN2O4. The topological polar surface area (TPSA) is 94.1 Å². The van der Waals surface area contributed by atoms with Crippen LogP contribution in [0.5, 0.6) is 5.75 Å². The average Bonchev–Trinajstić information content (AvgIpc) is 2.35. The first-order valence-corrected chi connectivity index (χ1v) is 4.48. The number of oxime groups is 1. The number of rotatable bonds is 3. The number of hydrogen-bond acceptors (Lipinski definition) is 5. The van der Waals surface area contributed by atoms with E-state index in [-0.39, 0.29) is 22.7 Å². The fourth-order valence-corrected chi connectivity index (χ4v) is 1.27. The zero-order valence-electron chi connectivity index (χ0n) is 9.23. The largest absolute Gasteiger partial charge is 0.493 e. The summed E-state index contributed by atoms with van der Waals surface area (Å²) >= 11 is 0. The van der Waals surface area contributed by atoms with Crippen molar-refractivity contribution in [2.75, 3.05) is 14.2 Å². The van der Waals surface area contributed by atoms with Gasteiger partial charge in [0.2, 0.25) is 0 Å². The summed E-state index contributed by atoms with van der Waals surface area (Å²) in [5.41, 5.74) is 5.21. The number of amidine groups is 1. The fraction of sp³-hybridized carbons (Fsp3) is 0.200. The Hall–Kier alpha value is -2.31. The van der Waals surface area contributed by atoms with E-state index in [4.69, 9.17) is 15.7 Å². The van der Waals surface area contributed by atoms with Gasteiger partial charge in [-0.25, -0.2) is 9.18 Å². The molecule has 0 aromatic heterocycles. The van der Waals surface area contributed by atoms with Gasteiger partial charge in [-0.15, -0.1) is 0 Å². The molecule has 0 atom stereocenters. The lowest BCUT2D eigenvalue weighted by molar-refractivity contribution is 0.0596. The van der Waals surface area contributed by atoms with Crippen molar-refractivity contribution in [3.63, 3.8) is 0 Å². The lowest BCUT2D eigenvalue weighted by Gasteiger charge is -2.09. The summed E-state index contributed by atoms with van der Waals surface area (Å²) in [5, 5.41) is 11.2. The smallest absolute Gasteiger partial charge is 0.341 e. The number of ether oxygens (including phenoxy) is 2. The van der Waals surface area contributed by atoms with E-state index in [1.54, 1.807) is 0 Å². The number of methoxy groups -OCH3 is 2. The van der Waals surface area contributed by atoms with Gasteiger partial charge in [0, 0.05) is 5.56 Å². The lowest BCUT2D eigenvalue weighted by atomic mass is 10.1. The van der Waals surface area contributed by atoms with Crippen molar-refractivity contribution in [3.8, 4) is 5.75 Å². The summed E-state index contributed by atoms with van der Waals surface area (Å²) in [6, 6.07) is 2.20. The van der Waals surface area contributed by atoms with Gasteiger partial charge in [0.15, 0.2) is 17.4 Å². The first-order chi connectivity index (χ1) is 8.04. The first-order valence-electron chi connectivity index (χ1n) is 4.48. The van der Waals surface area contributed by atoms with Crippen molar-refractivity contribution in [1.82, 2.24) is 0 Å². The number of benzene rings is 1. The van der Waals surface area contributed by atoms with Gasteiger partial charge >= 0.3 is 5.97 Å². The molecule has 92 valence electrons. The van der Waals surface area contributed by atoms with Crippen molar-refractivity contribution in [2.45, 2.75) is 0 Å². The Morgan fingerprint density at radius 1 is 1.47 bits per heavy atom. The molecule has 0 spiro atoms. The van der Waals surface area contributed by atoms with Crippen LogP contribution in [0, 0.1) is 5.82 Å². The van der Waals surface area contributed by atoms with E-state index in [1.807, 2.05) is 0 Å². The van der Waals surface area contributed by atoms with Crippen molar-refractivity contribution >= 4 is 11.8 Å². The summed E-state index contributed by atoms with van der Waals surface area (Å²) in [6.07, 6.45) is 0. The molecule has 0 aliphatic carbocycles. The molecular weight excluding hydrogens is 231 g/mol. The van der Waals surface area contributed by atoms with Crippen LogP contribution in [0.25, 0.3) is 0 Å². The second-order valence-electron chi connectivity index (χ2n) is 3.02. The van der Waals surface area contributed by atoms with Crippen LogP contribution in [0.1, 0.15) is 15.9 Å². The Balaban J connectivity index is 3.44. The molecule has 0 unspecified atom stereocenters. The normalized spacial score (nSPS) is 11.1. The molecule has 0 aliphatic heterocycles. The zero-order valence-corrected chi connectivity index (χ0v) is 9.23. The minimum atomic E-state index is -0.808. The average molecular weight is 242 g/mol. The molecule has 3 N–H and O–H groups in total. The number of halogens is 1. The number of nitrogens with two attached hydrogens (primary N) is 1. The summed E-state index contributed by atoms with van der Waals surface area (Å²) in [6.45, 7) is 0. The second kappa shape index (κ2) is 5.15. The van der Waals surface area contributed by atoms with Crippen LogP contribution in [-0.4, -0.2) is 31.2 Å². The molecule has 7 heteroatoms. The van der Waals surface area contributed by atoms with Crippen LogP contribution in [-0.2, 0) is 4.74 Å². The minimum Gasteiger partial charge on any atom is -0.493 e. The Kier molecular flexibility index (Phi) is 3.86. The van der Waals surface area contributed by atoms with Crippen LogP contribution in [0.3, 0.4) is 0 Å². The van der Waals surface area contributed by atoms with Crippen molar-refractivity contribution in [2.24, 2.45) is 10.9 Å². The maximum absolute atomic E-state index is 13.6. The summed E-state index contributed by atoms with van der Waals surface area (Å²) < 4.78 is 22.8. The minimum absolute atomic E-state index is 0.0474. The predicted octanol–water partition coefficient (Wildman–Crippen LogP) is 0.715. The quantitative estimate of drug-likeness (QED) is 0.268. The molecule has 0 heterocycles. The summed E-state index contributed by atoms with van der Waals surface area (Å²) in [5.74, 6) is -2.17. The highest BCUT2D eigenvalue weighted by Crippen LogP contribution is 2.25. The summed E-state index contributed by atoms with van der Waals surface area (Å²) in [4.78, 5) is 11.4. The Bertz CT molecular complexity index is 474. The maximum atomic E-state index is 13.6. The van der Waals surface area contributed by atoms with Crippen molar-refractivity contribution < 1.29 is 23.9 Å². The van der Waals surface area contributed by atoms with Gasteiger partial charge in [-0.05, 0) is 12.1 Å². The van der Waals surface area contributed by atoms with Crippen LogP contribution >= 0.6 is 0 Å². The van der Waals surface area contributed by atoms with E-state index in [0.717, 1.165) is 13.2 Å². The highest BCUT2D eigenvalue weighted by molar-refractivity contribution is 6.01. The first kappa shape index (κ1) is 12.8. The van der Waals surface area contributed by atoms with Crippen LogP contribution in [0.4, 0.5) is 4.39 Å². The maximum Gasteiger partial charge on any atom is 0.341 e. The Labute approximate surface area is 96.4 Å². The van der Waals surface area contributed by atoms with E-state index < -0.39 is 11.8 Å². The van der Waals surface area contributed by atoms with Crippen molar-refractivity contribution in [1.29, 1.82) is 0 Å². The van der Waals surface area contributed by atoms with E-state index in [9.17, 15) is 9.18 Å². The zero-order chi connectivity index (χ0) is 13.0. The highest BCUT2D eigenvalue weighted by Gasteiger charge is 2.19. The third kappa shape index (κ3) is 2.44. The monoisotopic (exact) mass is 242 g/mol. The van der Waals surface area contributed by atoms with Gasteiger partial charge < -0.3 is 20.4 Å². The highest BCUT2D eigenvalue weighted by atomic mass is 19.1. The van der Waals surface area contributed by atoms with Crippen LogP contribution < -0.4 is 10.5 Å². The number of carbonyl (C=O) groups is 1. The van der Waals surface area contributed by atoms with Gasteiger partial charge in [-0.3, -0.25) is 0 Å². The van der Waals surface area contributed by atoms with Gasteiger partial charge in [0.05, 0.1) is 14.2 Å². The van der Waals surface area contributed by atoms with Gasteiger partial charge in [0.25, 0.3) is 0 Å². The SMILES string of the molecule is COC(=O)c1cc(/C(N)=N/O)cc(F)c1OC. The third-order valence-corrected chi connectivity index (χ3v) is 2.06. The van der Waals surface area contributed by atoms with Gasteiger partial charge in [-0.2, -0.15) is 0 Å². The molecule has 0 aliphatic rings. The molecule has 0 fully saturated rings. The van der Waals surface area contributed by atoms with E-state index in [0.29, 0.717) is 0 Å². The number of carbonyl (C=O) groups excluding carboxylic acids is 1. The van der Waals surface area contributed by atoms with Crippen LogP contribution in [0.2, 0.25) is 0 Å². The molecule has 0 saturated carbocycles. The Morgan fingerprint density at radius 3 is 2.59 bits per heavy atom. The molecule has 1 aromatic rings. The number of nitrogens with zero attached hydrogens (tertiary/aromatic N) is 1. The van der Waals surface area contributed by atoms with Crippen LogP contribution in [0.15, 0.2) is 17.3 Å². The molecule has 0 amide bonds. The number of esters is 1. The Morgan fingerprint density at radius 2 is 2.12 bits per heavy atom. The lowest BCUT2D eigenvalue weighted by Crippen LogP contribution is -2.15. The molecule has 17 heavy (non-hydrogen) atoms.